The van der Waals surface area contributed by atoms with Crippen LogP contribution in [0, 0.1) is 6.92 Å². The number of rotatable bonds is 2. The monoisotopic (exact) mass is 197 g/mol. The third-order valence-corrected chi connectivity index (χ3v) is 2.02. The molecule has 0 saturated heterocycles. The number of methoxy groups -OCH3 is 1. The SMILES string of the molecule is COC(=O)c1cc(C)c(C(=O)O)n1C. The van der Waals surface area contributed by atoms with Gasteiger partial charge in [-0.3, -0.25) is 0 Å². The zero-order valence-corrected chi connectivity index (χ0v) is 8.20. The van der Waals surface area contributed by atoms with Gasteiger partial charge in [-0.1, -0.05) is 0 Å². The smallest absolute Gasteiger partial charge is 0.354 e. The quantitative estimate of drug-likeness (QED) is 0.712. The maximum atomic E-state index is 11.2. The second-order valence-electron chi connectivity index (χ2n) is 2.92. The molecule has 0 fully saturated rings. The van der Waals surface area contributed by atoms with Gasteiger partial charge in [0, 0.05) is 7.05 Å². The van der Waals surface area contributed by atoms with E-state index in [0.717, 1.165) is 0 Å². The van der Waals surface area contributed by atoms with Crippen LogP contribution in [0.25, 0.3) is 0 Å². The van der Waals surface area contributed by atoms with Gasteiger partial charge in [-0.15, -0.1) is 0 Å². The van der Waals surface area contributed by atoms with Gasteiger partial charge >= 0.3 is 11.9 Å². The Morgan fingerprint density at radius 1 is 1.50 bits per heavy atom. The first-order chi connectivity index (χ1) is 6.49. The van der Waals surface area contributed by atoms with Gasteiger partial charge in [0.1, 0.15) is 11.4 Å². The molecule has 1 aromatic rings. The summed E-state index contributed by atoms with van der Waals surface area (Å²) in [6.45, 7) is 1.63. The van der Waals surface area contributed by atoms with Gasteiger partial charge in [0.05, 0.1) is 7.11 Å². The lowest BCUT2D eigenvalue weighted by molar-refractivity contribution is 0.0589. The number of ether oxygens (including phenoxy) is 1. The average molecular weight is 197 g/mol. The molecule has 14 heavy (non-hydrogen) atoms. The third-order valence-electron chi connectivity index (χ3n) is 2.02. The Balaban J connectivity index is 3.30. The van der Waals surface area contributed by atoms with Crippen LogP contribution in [-0.4, -0.2) is 28.7 Å². The molecule has 1 aromatic heterocycles. The number of nitrogens with zero attached hydrogens (tertiary/aromatic N) is 1. The third kappa shape index (κ3) is 1.48. The Labute approximate surface area is 80.9 Å². The molecule has 0 saturated carbocycles. The largest absolute Gasteiger partial charge is 0.477 e. The van der Waals surface area contributed by atoms with E-state index in [9.17, 15) is 9.59 Å². The number of carboxylic acids is 1. The zero-order valence-electron chi connectivity index (χ0n) is 8.20. The lowest BCUT2D eigenvalue weighted by atomic mass is 10.2. The van der Waals surface area contributed by atoms with Crippen molar-refractivity contribution < 1.29 is 19.4 Å². The van der Waals surface area contributed by atoms with Crippen molar-refractivity contribution in [1.29, 1.82) is 0 Å². The summed E-state index contributed by atoms with van der Waals surface area (Å²) >= 11 is 0. The first-order valence-electron chi connectivity index (χ1n) is 3.97. The number of carboxylic acid groups (broad SMARTS) is 1. The van der Waals surface area contributed by atoms with Crippen molar-refractivity contribution in [2.45, 2.75) is 6.92 Å². The topological polar surface area (TPSA) is 68.5 Å². The molecule has 1 heterocycles. The van der Waals surface area contributed by atoms with Crippen molar-refractivity contribution in [1.82, 2.24) is 4.57 Å². The van der Waals surface area contributed by atoms with E-state index in [-0.39, 0.29) is 11.4 Å². The summed E-state index contributed by atoms with van der Waals surface area (Å²) in [6.07, 6.45) is 0. The summed E-state index contributed by atoms with van der Waals surface area (Å²) in [5, 5.41) is 8.84. The van der Waals surface area contributed by atoms with Crippen molar-refractivity contribution >= 4 is 11.9 Å². The van der Waals surface area contributed by atoms with E-state index in [1.165, 1.54) is 24.8 Å². The summed E-state index contributed by atoms with van der Waals surface area (Å²) in [5.74, 6) is -1.59. The number of hydrogen-bond acceptors (Lipinski definition) is 3. The average Bonchev–Trinajstić information content (AvgIpc) is 2.40. The molecule has 0 aliphatic rings. The van der Waals surface area contributed by atoms with Gasteiger partial charge in [-0.25, -0.2) is 9.59 Å². The number of aromatic carboxylic acids is 1. The Morgan fingerprint density at radius 3 is 2.43 bits per heavy atom. The number of esters is 1. The van der Waals surface area contributed by atoms with Crippen LogP contribution in [0.1, 0.15) is 26.5 Å². The van der Waals surface area contributed by atoms with Gasteiger partial charge in [-0.05, 0) is 18.6 Å². The fraction of sp³-hybridized carbons (Fsp3) is 0.333. The Kier molecular flexibility index (Phi) is 2.60. The highest BCUT2D eigenvalue weighted by atomic mass is 16.5. The molecule has 5 heteroatoms. The molecule has 0 spiro atoms. The lowest BCUT2D eigenvalue weighted by Gasteiger charge is -2.02. The minimum absolute atomic E-state index is 0.102. The maximum absolute atomic E-state index is 11.2. The van der Waals surface area contributed by atoms with Crippen LogP contribution in [0.2, 0.25) is 0 Å². The first kappa shape index (κ1) is 10.3. The van der Waals surface area contributed by atoms with Crippen molar-refractivity contribution in [3.8, 4) is 0 Å². The summed E-state index contributed by atoms with van der Waals surface area (Å²) in [7, 11) is 2.77. The predicted octanol–water partition coefficient (Wildman–Crippen LogP) is 0.818. The normalized spacial score (nSPS) is 9.93. The van der Waals surface area contributed by atoms with E-state index in [4.69, 9.17) is 5.11 Å². The second-order valence-corrected chi connectivity index (χ2v) is 2.92. The molecule has 5 nitrogen and oxygen atoms in total. The van der Waals surface area contributed by atoms with E-state index in [2.05, 4.69) is 4.74 Å². The van der Waals surface area contributed by atoms with E-state index < -0.39 is 11.9 Å². The van der Waals surface area contributed by atoms with Gasteiger partial charge < -0.3 is 14.4 Å². The van der Waals surface area contributed by atoms with Crippen molar-refractivity contribution in [3.63, 3.8) is 0 Å². The summed E-state index contributed by atoms with van der Waals surface area (Å²) < 4.78 is 5.82. The zero-order chi connectivity index (χ0) is 10.9. The fourth-order valence-electron chi connectivity index (χ4n) is 1.37. The summed E-state index contributed by atoms with van der Waals surface area (Å²) in [5.41, 5.74) is 0.883. The summed E-state index contributed by atoms with van der Waals surface area (Å²) in [6, 6.07) is 1.50. The number of carbonyl (C=O) groups excluding carboxylic acids is 1. The van der Waals surface area contributed by atoms with Crippen molar-refractivity contribution in [3.05, 3.63) is 23.0 Å². The highest BCUT2D eigenvalue weighted by Crippen LogP contribution is 2.14. The van der Waals surface area contributed by atoms with E-state index in [1.807, 2.05) is 0 Å². The molecule has 0 aliphatic carbocycles. The minimum atomic E-state index is -1.06. The predicted molar refractivity (Wildman–Crippen MR) is 48.4 cm³/mol. The van der Waals surface area contributed by atoms with Gasteiger partial charge in [0.15, 0.2) is 0 Å². The van der Waals surface area contributed by atoms with Crippen LogP contribution >= 0.6 is 0 Å². The Hall–Kier alpha value is -1.78. The van der Waals surface area contributed by atoms with Crippen molar-refractivity contribution in [2.75, 3.05) is 7.11 Å². The Morgan fingerprint density at radius 2 is 2.07 bits per heavy atom. The van der Waals surface area contributed by atoms with Gasteiger partial charge in [0.25, 0.3) is 0 Å². The van der Waals surface area contributed by atoms with E-state index >= 15 is 0 Å². The number of aromatic nitrogens is 1. The molecule has 0 aromatic carbocycles. The molecular weight excluding hydrogens is 186 g/mol. The number of carbonyl (C=O) groups is 2. The second kappa shape index (κ2) is 3.53. The molecule has 0 aliphatic heterocycles. The lowest BCUT2D eigenvalue weighted by Crippen LogP contribution is -2.12. The van der Waals surface area contributed by atoms with Crippen LogP contribution in [0.4, 0.5) is 0 Å². The van der Waals surface area contributed by atoms with Crippen LogP contribution in [-0.2, 0) is 11.8 Å². The Bertz CT molecular complexity index is 392. The molecule has 0 bridgehead atoms. The fourth-order valence-corrected chi connectivity index (χ4v) is 1.37. The van der Waals surface area contributed by atoms with Crippen LogP contribution in [0.5, 0.6) is 0 Å². The van der Waals surface area contributed by atoms with Crippen LogP contribution in [0.15, 0.2) is 6.07 Å². The highest BCUT2D eigenvalue weighted by Gasteiger charge is 2.19. The molecule has 0 atom stereocenters. The van der Waals surface area contributed by atoms with E-state index in [1.54, 1.807) is 6.92 Å². The molecule has 1 rings (SSSR count). The summed E-state index contributed by atoms with van der Waals surface area (Å²) in [4.78, 5) is 22.0. The first-order valence-corrected chi connectivity index (χ1v) is 3.97. The molecule has 0 radical (unpaired) electrons. The molecule has 76 valence electrons. The molecule has 0 amide bonds. The molecular formula is C9H11NO4. The molecule has 0 unspecified atom stereocenters. The number of hydrogen-bond donors (Lipinski definition) is 1. The maximum Gasteiger partial charge on any atom is 0.354 e. The minimum Gasteiger partial charge on any atom is -0.477 e. The highest BCUT2D eigenvalue weighted by molar-refractivity contribution is 5.94. The van der Waals surface area contributed by atoms with Crippen LogP contribution in [0.3, 0.4) is 0 Å². The van der Waals surface area contributed by atoms with E-state index in [0.29, 0.717) is 5.56 Å². The number of aryl methyl sites for hydroxylation is 1. The van der Waals surface area contributed by atoms with Crippen LogP contribution < -0.4 is 0 Å². The standard InChI is InChI=1S/C9H11NO4/c1-5-4-6(9(13)14-3)10(2)7(5)8(11)12/h4H,1-3H3,(H,11,12). The van der Waals surface area contributed by atoms with Crippen molar-refractivity contribution in [2.24, 2.45) is 7.05 Å². The molecule has 1 N–H and O–H groups in total. The van der Waals surface area contributed by atoms with Gasteiger partial charge in [0.2, 0.25) is 0 Å². The van der Waals surface area contributed by atoms with Gasteiger partial charge in [-0.2, -0.15) is 0 Å².